The molecule has 6 heteroatoms. The van der Waals surface area contributed by atoms with E-state index in [1.807, 2.05) is 36.4 Å². The maximum Gasteiger partial charge on any atom is 0.227 e. The number of hydrogen-bond donors (Lipinski definition) is 1. The summed E-state index contributed by atoms with van der Waals surface area (Å²) in [6.07, 6.45) is 13.3. The Morgan fingerprint density at radius 3 is 2.74 bits per heavy atom. The van der Waals surface area contributed by atoms with Crippen molar-refractivity contribution in [1.82, 2.24) is 9.88 Å². The first kappa shape index (κ1) is 22.9. The molecular weight excluding hydrogens is 448 g/mol. The van der Waals surface area contributed by atoms with Crippen LogP contribution in [0.5, 0.6) is 5.88 Å². The fourth-order valence-electron chi connectivity index (χ4n) is 4.79. The number of benzene rings is 1. The van der Waals surface area contributed by atoms with Gasteiger partial charge in [-0.2, -0.15) is 0 Å². The summed E-state index contributed by atoms with van der Waals surface area (Å²) < 4.78 is 11.6. The van der Waals surface area contributed by atoms with E-state index in [1.165, 1.54) is 0 Å². The topological polar surface area (TPSA) is 54.8 Å². The van der Waals surface area contributed by atoms with Crippen molar-refractivity contribution in [1.29, 1.82) is 0 Å². The largest absolute Gasteiger partial charge is 0.497 e. The molecular formula is C28H29ClN2O3. The maximum absolute atomic E-state index is 11.1. The van der Waals surface area contributed by atoms with Gasteiger partial charge < -0.3 is 19.5 Å². The summed E-state index contributed by atoms with van der Waals surface area (Å²) in [4.78, 5) is 6.90. The number of allylic oxidation sites excluding steroid dienone is 5. The fraction of sp³-hybridized carbons (Fsp3) is 0.321. The van der Waals surface area contributed by atoms with Crippen LogP contribution in [0, 0.1) is 0 Å². The minimum atomic E-state index is -0.772. The number of fused-ring (bicyclic) bond motifs is 2. The Hall–Kier alpha value is -2.86. The number of halogens is 1. The van der Waals surface area contributed by atoms with Gasteiger partial charge in [0, 0.05) is 42.5 Å². The Bertz CT molecular complexity index is 1170. The van der Waals surface area contributed by atoms with Crippen LogP contribution in [0.4, 0.5) is 0 Å². The molecule has 1 aromatic carbocycles. The highest BCUT2D eigenvalue weighted by molar-refractivity contribution is 6.30. The van der Waals surface area contributed by atoms with E-state index in [0.29, 0.717) is 10.9 Å². The molecule has 2 aliphatic heterocycles. The van der Waals surface area contributed by atoms with Crippen LogP contribution < -0.4 is 4.74 Å². The molecule has 0 bridgehead atoms. The van der Waals surface area contributed by atoms with Crippen molar-refractivity contribution in [3.05, 3.63) is 100 Å². The van der Waals surface area contributed by atoms with Gasteiger partial charge in [0.05, 0.1) is 12.7 Å². The highest BCUT2D eigenvalue weighted by Crippen LogP contribution is 2.37. The number of piperidine rings is 1. The van der Waals surface area contributed by atoms with Crippen LogP contribution in [-0.4, -0.2) is 41.7 Å². The van der Waals surface area contributed by atoms with E-state index in [-0.39, 0.29) is 0 Å². The van der Waals surface area contributed by atoms with Gasteiger partial charge >= 0.3 is 0 Å². The summed E-state index contributed by atoms with van der Waals surface area (Å²) in [5, 5.41) is 11.8. The van der Waals surface area contributed by atoms with E-state index in [0.717, 1.165) is 79.1 Å². The van der Waals surface area contributed by atoms with Crippen LogP contribution in [0.1, 0.15) is 36.8 Å². The molecule has 5 nitrogen and oxygen atoms in total. The van der Waals surface area contributed by atoms with Crippen molar-refractivity contribution in [2.24, 2.45) is 0 Å². The predicted octanol–water partition coefficient (Wildman–Crippen LogP) is 5.63. The Kier molecular flexibility index (Phi) is 6.59. The molecule has 0 amide bonds. The Morgan fingerprint density at radius 2 is 1.97 bits per heavy atom. The summed E-state index contributed by atoms with van der Waals surface area (Å²) >= 11 is 6.01. The first-order valence-corrected chi connectivity index (χ1v) is 12.1. The average Bonchev–Trinajstić information content (AvgIpc) is 3.01. The number of hydrogen-bond acceptors (Lipinski definition) is 5. The lowest BCUT2D eigenvalue weighted by molar-refractivity contribution is -0.0254. The van der Waals surface area contributed by atoms with E-state index in [2.05, 4.69) is 34.2 Å². The number of aliphatic hydroxyl groups is 1. The van der Waals surface area contributed by atoms with Crippen molar-refractivity contribution in [2.45, 2.75) is 31.3 Å². The summed E-state index contributed by atoms with van der Waals surface area (Å²) in [7, 11) is 1.67. The molecule has 176 valence electrons. The lowest BCUT2D eigenvalue weighted by Gasteiger charge is -2.38. The third kappa shape index (κ3) is 4.83. The molecule has 5 rings (SSSR count). The van der Waals surface area contributed by atoms with Crippen molar-refractivity contribution >= 4 is 17.2 Å². The number of nitrogens with zero attached hydrogens (tertiary/aromatic N) is 2. The molecule has 0 atom stereocenters. The van der Waals surface area contributed by atoms with Gasteiger partial charge in [0.25, 0.3) is 0 Å². The van der Waals surface area contributed by atoms with Gasteiger partial charge in [-0.15, -0.1) is 0 Å². The van der Waals surface area contributed by atoms with Gasteiger partial charge in [-0.1, -0.05) is 29.8 Å². The second-order valence-electron chi connectivity index (χ2n) is 8.98. The molecule has 0 saturated carbocycles. The number of likely N-dealkylation sites (tertiary alicyclic amines) is 1. The molecule has 0 unspecified atom stereocenters. The number of pyridine rings is 1. The zero-order valence-electron chi connectivity index (χ0n) is 19.3. The summed E-state index contributed by atoms with van der Waals surface area (Å²) in [5.74, 6) is 2.22. The van der Waals surface area contributed by atoms with E-state index < -0.39 is 5.60 Å². The normalized spacial score (nSPS) is 20.8. The van der Waals surface area contributed by atoms with E-state index in [9.17, 15) is 5.11 Å². The number of ether oxygens (including phenoxy) is 2. The molecule has 1 fully saturated rings. The Balaban J connectivity index is 1.27. The van der Waals surface area contributed by atoms with Crippen molar-refractivity contribution in [3.8, 4) is 5.88 Å². The lowest BCUT2D eigenvalue weighted by atomic mass is 9.84. The third-order valence-corrected chi connectivity index (χ3v) is 7.09. The summed E-state index contributed by atoms with van der Waals surface area (Å²) in [6.45, 7) is 2.67. The number of rotatable bonds is 5. The predicted molar refractivity (Wildman–Crippen MR) is 134 cm³/mol. The molecule has 1 aromatic heterocycles. The monoisotopic (exact) mass is 476 g/mol. The molecule has 3 aliphatic rings. The standard InChI is InChI=1S/C28H29ClN2O3/c1-33-24-11-6-21-18-20(25-5-2-14-30-27(25)34-26(21)19-24)4-3-15-31-16-12-28(32,13-17-31)22-7-9-23(29)10-8-22/h2,4-5,7-11,14,18-19,32H,3,6,12-13,15-17H2,1H3. The van der Waals surface area contributed by atoms with Gasteiger partial charge in [0.1, 0.15) is 11.5 Å². The lowest BCUT2D eigenvalue weighted by Crippen LogP contribution is -2.42. The van der Waals surface area contributed by atoms with Gasteiger partial charge in [-0.25, -0.2) is 4.98 Å². The van der Waals surface area contributed by atoms with Gasteiger partial charge in [0.15, 0.2) is 0 Å². The van der Waals surface area contributed by atoms with Crippen molar-refractivity contribution < 1.29 is 14.6 Å². The third-order valence-electron chi connectivity index (χ3n) is 6.84. The van der Waals surface area contributed by atoms with Gasteiger partial charge in [0.2, 0.25) is 5.88 Å². The van der Waals surface area contributed by atoms with Crippen LogP contribution in [0.2, 0.25) is 5.02 Å². The number of aromatic nitrogens is 1. The van der Waals surface area contributed by atoms with Crippen LogP contribution in [0.3, 0.4) is 0 Å². The zero-order valence-corrected chi connectivity index (χ0v) is 20.1. The average molecular weight is 477 g/mol. The Morgan fingerprint density at radius 1 is 1.18 bits per heavy atom. The maximum atomic E-state index is 11.1. The second kappa shape index (κ2) is 9.79. The first-order valence-electron chi connectivity index (χ1n) is 11.7. The minimum absolute atomic E-state index is 0.620. The zero-order chi connectivity index (χ0) is 23.5. The van der Waals surface area contributed by atoms with Gasteiger partial charge in [-0.05, 0) is 78.8 Å². The quantitative estimate of drug-likeness (QED) is 0.606. The molecule has 0 radical (unpaired) electrons. The van der Waals surface area contributed by atoms with E-state index >= 15 is 0 Å². The molecule has 1 saturated heterocycles. The van der Waals surface area contributed by atoms with Crippen LogP contribution >= 0.6 is 11.6 Å². The molecule has 34 heavy (non-hydrogen) atoms. The van der Waals surface area contributed by atoms with Crippen LogP contribution in [-0.2, 0) is 10.3 Å². The van der Waals surface area contributed by atoms with Gasteiger partial charge in [-0.3, -0.25) is 0 Å². The first-order chi connectivity index (χ1) is 16.5. The highest BCUT2D eigenvalue weighted by Gasteiger charge is 2.33. The fourth-order valence-corrected chi connectivity index (χ4v) is 4.91. The molecule has 0 spiro atoms. The van der Waals surface area contributed by atoms with Crippen LogP contribution in [0.15, 0.2) is 84.0 Å². The van der Waals surface area contributed by atoms with Crippen molar-refractivity contribution in [3.63, 3.8) is 0 Å². The van der Waals surface area contributed by atoms with Crippen LogP contribution in [0.25, 0.3) is 5.57 Å². The number of methoxy groups -OCH3 is 1. The SMILES string of the molecule is COC1=CCC2=CC(=CCCN3CCC(O)(c4ccc(Cl)cc4)CC3)c3cccnc3OC2=C1. The van der Waals surface area contributed by atoms with E-state index in [4.69, 9.17) is 21.1 Å². The summed E-state index contributed by atoms with van der Waals surface area (Å²) in [6, 6.07) is 11.6. The van der Waals surface area contributed by atoms with Crippen molar-refractivity contribution in [2.75, 3.05) is 26.7 Å². The molecule has 3 heterocycles. The summed E-state index contributed by atoms with van der Waals surface area (Å²) in [5.41, 5.74) is 3.43. The highest BCUT2D eigenvalue weighted by atomic mass is 35.5. The smallest absolute Gasteiger partial charge is 0.227 e. The molecule has 1 N–H and O–H groups in total. The second-order valence-corrected chi connectivity index (χ2v) is 9.42. The van der Waals surface area contributed by atoms with E-state index in [1.54, 1.807) is 13.3 Å². The minimum Gasteiger partial charge on any atom is -0.497 e. The molecule has 2 aromatic rings. The molecule has 1 aliphatic carbocycles. The Labute approximate surface area is 205 Å².